The van der Waals surface area contributed by atoms with E-state index in [1.54, 1.807) is 6.20 Å². The quantitative estimate of drug-likeness (QED) is 0.640. The number of nitrogens with zero attached hydrogens (tertiary/aromatic N) is 1. The van der Waals surface area contributed by atoms with E-state index < -0.39 is 17.0 Å². The van der Waals surface area contributed by atoms with Gasteiger partial charge in [0.2, 0.25) is 0 Å². The number of aromatic amines is 1. The van der Waals surface area contributed by atoms with E-state index in [1.165, 1.54) is 12.1 Å². The van der Waals surface area contributed by atoms with Crippen LogP contribution in [-0.2, 0) is 6.42 Å². The number of aromatic nitrogens is 2. The predicted molar refractivity (Wildman–Crippen MR) is 91.8 cm³/mol. The number of nitrogens with one attached hydrogen (secondary N) is 1. The third-order valence-corrected chi connectivity index (χ3v) is 4.60. The minimum Gasteiger partial charge on any atom is -0.339 e. The van der Waals surface area contributed by atoms with Gasteiger partial charge in [0.05, 0.1) is 5.02 Å². The molecule has 0 saturated carbocycles. The van der Waals surface area contributed by atoms with E-state index in [-0.39, 0.29) is 0 Å². The Morgan fingerprint density at radius 3 is 2.71 bits per heavy atom. The Bertz CT molecular complexity index is 998. The Morgan fingerprint density at radius 2 is 2.00 bits per heavy atom. The summed E-state index contributed by atoms with van der Waals surface area (Å²) in [6.45, 7) is 4.17. The molecule has 4 rings (SSSR count). The Hall–Kier alpha value is -2.46. The Labute approximate surface area is 142 Å². The maximum atomic E-state index is 14.0. The highest BCUT2D eigenvalue weighted by Crippen LogP contribution is 2.49. The van der Waals surface area contributed by atoms with Gasteiger partial charge in [-0.25, -0.2) is 13.8 Å². The molecule has 120 valence electrons. The average Bonchev–Trinajstić information content (AvgIpc) is 3.20. The smallest absolute Gasteiger partial charge is 0.137 e. The molecule has 3 aromatic rings. The molecule has 0 atom stereocenters. The summed E-state index contributed by atoms with van der Waals surface area (Å²) < 4.78 is 27.0. The molecular weight excluding hydrogens is 330 g/mol. The Morgan fingerprint density at radius 1 is 1.21 bits per heavy atom. The molecule has 2 aromatic heterocycles. The lowest BCUT2D eigenvalue weighted by Gasteiger charge is -2.19. The van der Waals surface area contributed by atoms with Gasteiger partial charge in [0, 0.05) is 28.8 Å². The summed E-state index contributed by atoms with van der Waals surface area (Å²) in [6.07, 6.45) is 5.93. The lowest BCUT2D eigenvalue weighted by atomic mass is 9.85. The third kappa shape index (κ3) is 2.53. The second-order valence-corrected chi connectivity index (χ2v) is 6.48. The highest BCUT2D eigenvalue weighted by molar-refractivity contribution is 6.31. The van der Waals surface area contributed by atoms with Crippen molar-refractivity contribution in [3.8, 4) is 0 Å². The molecular formula is C19H13ClF2N2. The molecule has 1 N–H and O–H groups in total. The molecule has 0 radical (unpaired) electrons. The molecule has 24 heavy (non-hydrogen) atoms. The summed E-state index contributed by atoms with van der Waals surface area (Å²) in [7, 11) is 0. The van der Waals surface area contributed by atoms with Crippen LogP contribution < -0.4 is 0 Å². The molecule has 1 aliphatic rings. The number of halogens is 3. The van der Waals surface area contributed by atoms with Gasteiger partial charge in [-0.05, 0) is 35.8 Å². The van der Waals surface area contributed by atoms with Crippen molar-refractivity contribution in [3.05, 3.63) is 83.2 Å². The first-order valence-electron chi connectivity index (χ1n) is 7.45. The molecule has 0 bridgehead atoms. The van der Waals surface area contributed by atoms with Gasteiger partial charge < -0.3 is 4.98 Å². The zero-order valence-corrected chi connectivity index (χ0v) is 13.4. The van der Waals surface area contributed by atoms with Crippen LogP contribution in [0.4, 0.5) is 8.78 Å². The van der Waals surface area contributed by atoms with Crippen LogP contribution in [0.1, 0.15) is 11.3 Å². The van der Waals surface area contributed by atoms with Gasteiger partial charge in [0.25, 0.3) is 0 Å². The zero-order valence-electron chi connectivity index (χ0n) is 12.6. The number of benzene rings is 1. The second kappa shape index (κ2) is 5.28. The summed E-state index contributed by atoms with van der Waals surface area (Å²) >= 11 is 5.96. The Kier molecular flexibility index (Phi) is 3.32. The minimum atomic E-state index is -0.577. The fourth-order valence-corrected chi connectivity index (χ4v) is 3.07. The zero-order chi connectivity index (χ0) is 16.9. The molecule has 0 spiro atoms. The molecule has 0 amide bonds. The van der Waals surface area contributed by atoms with E-state index in [1.807, 2.05) is 24.3 Å². The maximum Gasteiger partial charge on any atom is 0.137 e. The van der Waals surface area contributed by atoms with Gasteiger partial charge in [-0.2, -0.15) is 0 Å². The third-order valence-electron chi connectivity index (χ3n) is 4.39. The van der Waals surface area contributed by atoms with Crippen LogP contribution in [0.15, 0.2) is 55.3 Å². The molecule has 0 aliphatic heterocycles. The first-order valence-corrected chi connectivity index (χ1v) is 7.83. The SMILES string of the molecule is C=C(c1cc2cc(Cl)cnc2[nH]1)C1(Cc2ccc(F)cc2F)C=C1. The summed E-state index contributed by atoms with van der Waals surface area (Å²) in [6, 6.07) is 7.41. The van der Waals surface area contributed by atoms with E-state index in [4.69, 9.17) is 11.6 Å². The maximum absolute atomic E-state index is 14.0. The van der Waals surface area contributed by atoms with E-state index in [9.17, 15) is 8.78 Å². The van der Waals surface area contributed by atoms with E-state index in [2.05, 4.69) is 16.5 Å². The van der Waals surface area contributed by atoms with Crippen molar-refractivity contribution in [2.75, 3.05) is 0 Å². The minimum absolute atomic E-state index is 0.404. The van der Waals surface area contributed by atoms with Crippen LogP contribution in [0.25, 0.3) is 16.6 Å². The fourth-order valence-electron chi connectivity index (χ4n) is 2.91. The first kappa shape index (κ1) is 15.1. The number of hydrogen-bond donors (Lipinski definition) is 1. The van der Waals surface area contributed by atoms with Gasteiger partial charge >= 0.3 is 0 Å². The van der Waals surface area contributed by atoms with Crippen LogP contribution in [0.2, 0.25) is 5.02 Å². The standard InChI is InChI=1S/C19H13ClF2N2/c1-11(17-7-13-6-14(20)10-23-18(13)24-17)19(4-5-19)9-12-2-3-15(21)8-16(12)22/h2-8,10H,1,9H2,(H,23,24). The van der Waals surface area contributed by atoms with Crippen molar-refractivity contribution in [1.29, 1.82) is 0 Å². The van der Waals surface area contributed by atoms with Crippen molar-refractivity contribution in [2.24, 2.45) is 5.41 Å². The number of fused-ring (bicyclic) bond motifs is 1. The van der Waals surface area contributed by atoms with Crippen molar-refractivity contribution in [3.63, 3.8) is 0 Å². The topological polar surface area (TPSA) is 28.7 Å². The van der Waals surface area contributed by atoms with Crippen molar-refractivity contribution < 1.29 is 8.78 Å². The van der Waals surface area contributed by atoms with Crippen LogP contribution in [-0.4, -0.2) is 9.97 Å². The van der Waals surface area contributed by atoms with Gasteiger partial charge in [0.1, 0.15) is 17.3 Å². The largest absolute Gasteiger partial charge is 0.339 e. The number of pyridine rings is 1. The highest BCUT2D eigenvalue weighted by Gasteiger charge is 2.39. The number of hydrogen-bond acceptors (Lipinski definition) is 1. The summed E-state index contributed by atoms with van der Waals surface area (Å²) in [5.41, 5.74) is 2.40. The first-order chi connectivity index (χ1) is 11.5. The summed E-state index contributed by atoms with van der Waals surface area (Å²) in [5.74, 6) is -1.12. The molecule has 2 nitrogen and oxygen atoms in total. The van der Waals surface area contributed by atoms with Crippen molar-refractivity contribution in [1.82, 2.24) is 9.97 Å². The summed E-state index contributed by atoms with van der Waals surface area (Å²) in [4.78, 5) is 7.46. The predicted octanol–water partition coefficient (Wildman–Crippen LogP) is 5.31. The van der Waals surface area contributed by atoms with Crippen LogP contribution in [0.3, 0.4) is 0 Å². The molecule has 2 heterocycles. The number of allylic oxidation sites excluding steroid dienone is 3. The summed E-state index contributed by atoms with van der Waals surface area (Å²) in [5, 5.41) is 1.45. The number of H-pyrrole nitrogens is 1. The van der Waals surface area contributed by atoms with Crippen LogP contribution in [0, 0.1) is 17.0 Å². The van der Waals surface area contributed by atoms with E-state index >= 15 is 0 Å². The van der Waals surface area contributed by atoms with Crippen molar-refractivity contribution in [2.45, 2.75) is 6.42 Å². The Balaban J connectivity index is 1.64. The van der Waals surface area contributed by atoms with Gasteiger partial charge in [-0.15, -0.1) is 0 Å². The molecule has 0 unspecified atom stereocenters. The van der Waals surface area contributed by atoms with E-state index in [0.717, 1.165) is 28.4 Å². The molecule has 1 aliphatic carbocycles. The highest BCUT2D eigenvalue weighted by atomic mass is 35.5. The van der Waals surface area contributed by atoms with Gasteiger partial charge in [0.15, 0.2) is 0 Å². The monoisotopic (exact) mass is 342 g/mol. The molecule has 5 heteroatoms. The van der Waals surface area contributed by atoms with Gasteiger partial charge in [-0.1, -0.05) is 36.4 Å². The normalized spacial score (nSPS) is 15.0. The van der Waals surface area contributed by atoms with Gasteiger partial charge in [-0.3, -0.25) is 0 Å². The molecule has 1 aromatic carbocycles. The lowest BCUT2D eigenvalue weighted by molar-refractivity contribution is 0.562. The average molecular weight is 343 g/mol. The second-order valence-electron chi connectivity index (χ2n) is 6.04. The number of rotatable bonds is 4. The van der Waals surface area contributed by atoms with Crippen LogP contribution in [0.5, 0.6) is 0 Å². The van der Waals surface area contributed by atoms with E-state index in [0.29, 0.717) is 17.0 Å². The molecule has 0 saturated heterocycles. The van der Waals surface area contributed by atoms with Crippen LogP contribution >= 0.6 is 11.6 Å². The van der Waals surface area contributed by atoms with Crippen molar-refractivity contribution >= 4 is 28.2 Å². The lowest BCUT2D eigenvalue weighted by Crippen LogP contribution is -2.11. The fraction of sp³-hybridized carbons (Fsp3) is 0.105. The molecule has 0 fully saturated rings.